The van der Waals surface area contributed by atoms with Crippen molar-refractivity contribution in [1.29, 1.82) is 0 Å². The van der Waals surface area contributed by atoms with Crippen LogP contribution < -0.4 is 0 Å². The SMILES string of the molecule is C=CCC[C]1CCCCCCC1. The van der Waals surface area contributed by atoms with Crippen molar-refractivity contribution in [2.75, 3.05) is 0 Å². The van der Waals surface area contributed by atoms with Crippen molar-refractivity contribution in [1.82, 2.24) is 0 Å². The van der Waals surface area contributed by atoms with Crippen molar-refractivity contribution in [3.05, 3.63) is 18.6 Å². The monoisotopic (exact) mass is 165 g/mol. The maximum absolute atomic E-state index is 3.77. The first kappa shape index (κ1) is 9.83. The van der Waals surface area contributed by atoms with E-state index in [0.717, 1.165) is 0 Å². The first-order valence-corrected chi connectivity index (χ1v) is 5.38. The van der Waals surface area contributed by atoms with Crippen LogP contribution in [0.3, 0.4) is 0 Å². The minimum absolute atomic E-state index is 1.19. The van der Waals surface area contributed by atoms with Crippen LogP contribution in [0.5, 0.6) is 0 Å². The zero-order valence-electron chi connectivity index (χ0n) is 8.15. The quantitative estimate of drug-likeness (QED) is 0.548. The van der Waals surface area contributed by atoms with E-state index in [1.54, 1.807) is 5.92 Å². The summed E-state index contributed by atoms with van der Waals surface area (Å²) in [6.45, 7) is 3.77. The molecular weight excluding hydrogens is 144 g/mol. The highest BCUT2D eigenvalue weighted by molar-refractivity contribution is 4.92. The average Bonchev–Trinajstić information content (AvgIpc) is 2.02. The fourth-order valence-electron chi connectivity index (χ4n) is 1.96. The Kier molecular flexibility index (Phi) is 5.14. The second kappa shape index (κ2) is 6.28. The average molecular weight is 165 g/mol. The van der Waals surface area contributed by atoms with Crippen LogP contribution in [0.4, 0.5) is 0 Å². The molecule has 0 bridgehead atoms. The van der Waals surface area contributed by atoms with Gasteiger partial charge in [-0.25, -0.2) is 0 Å². The van der Waals surface area contributed by atoms with E-state index in [1.165, 1.54) is 57.8 Å². The first-order valence-electron chi connectivity index (χ1n) is 5.38. The molecule has 0 aromatic rings. The van der Waals surface area contributed by atoms with Crippen LogP contribution in [-0.4, -0.2) is 0 Å². The highest BCUT2D eigenvalue weighted by Crippen LogP contribution is 2.27. The zero-order valence-corrected chi connectivity index (χ0v) is 8.15. The molecule has 0 unspecified atom stereocenters. The Morgan fingerprint density at radius 3 is 2.17 bits per heavy atom. The largest absolute Gasteiger partial charge is 0.103 e. The van der Waals surface area contributed by atoms with Gasteiger partial charge in [0.1, 0.15) is 0 Å². The molecule has 0 heterocycles. The summed E-state index contributed by atoms with van der Waals surface area (Å²) in [7, 11) is 0. The van der Waals surface area contributed by atoms with Gasteiger partial charge in [-0.2, -0.15) is 0 Å². The summed E-state index contributed by atoms with van der Waals surface area (Å²) in [5, 5.41) is 0. The van der Waals surface area contributed by atoms with Crippen molar-refractivity contribution >= 4 is 0 Å². The van der Waals surface area contributed by atoms with Gasteiger partial charge in [0.2, 0.25) is 0 Å². The van der Waals surface area contributed by atoms with Gasteiger partial charge in [0.25, 0.3) is 0 Å². The molecule has 1 aliphatic rings. The Morgan fingerprint density at radius 2 is 1.58 bits per heavy atom. The maximum Gasteiger partial charge on any atom is -0.0238 e. The molecule has 0 aliphatic heterocycles. The topological polar surface area (TPSA) is 0 Å². The minimum Gasteiger partial charge on any atom is -0.103 e. The lowest BCUT2D eigenvalue weighted by Crippen LogP contribution is -2.00. The molecule has 0 saturated heterocycles. The third-order valence-electron chi connectivity index (χ3n) is 2.76. The van der Waals surface area contributed by atoms with Gasteiger partial charge in [-0.05, 0) is 31.6 Å². The Morgan fingerprint density at radius 1 is 1.00 bits per heavy atom. The Bertz CT molecular complexity index is 107. The number of hydrogen-bond donors (Lipinski definition) is 0. The highest BCUT2D eigenvalue weighted by Gasteiger charge is 2.10. The van der Waals surface area contributed by atoms with Gasteiger partial charge < -0.3 is 0 Å². The molecule has 0 aromatic carbocycles. The van der Waals surface area contributed by atoms with Crippen molar-refractivity contribution < 1.29 is 0 Å². The van der Waals surface area contributed by atoms with Crippen molar-refractivity contribution in [3.8, 4) is 0 Å². The third kappa shape index (κ3) is 3.94. The summed E-state index contributed by atoms with van der Waals surface area (Å²) in [5.41, 5.74) is 0. The van der Waals surface area contributed by atoms with Gasteiger partial charge in [0.15, 0.2) is 0 Å². The molecule has 1 rings (SSSR count). The van der Waals surface area contributed by atoms with Crippen LogP contribution in [0.2, 0.25) is 0 Å². The van der Waals surface area contributed by atoms with Crippen LogP contribution in [0.15, 0.2) is 12.7 Å². The maximum atomic E-state index is 3.77. The molecule has 1 fully saturated rings. The molecule has 1 aliphatic carbocycles. The van der Waals surface area contributed by atoms with E-state index in [-0.39, 0.29) is 0 Å². The van der Waals surface area contributed by atoms with E-state index < -0.39 is 0 Å². The van der Waals surface area contributed by atoms with Crippen LogP contribution in [0.1, 0.15) is 57.8 Å². The lowest BCUT2D eigenvalue weighted by atomic mass is 9.88. The van der Waals surface area contributed by atoms with Crippen molar-refractivity contribution in [2.24, 2.45) is 0 Å². The lowest BCUT2D eigenvalue weighted by Gasteiger charge is -2.17. The van der Waals surface area contributed by atoms with Gasteiger partial charge in [-0.1, -0.05) is 38.2 Å². The molecule has 12 heavy (non-hydrogen) atoms. The molecule has 0 amide bonds. The molecule has 69 valence electrons. The van der Waals surface area contributed by atoms with Gasteiger partial charge >= 0.3 is 0 Å². The molecule has 1 radical (unpaired) electrons. The van der Waals surface area contributed by atoms with Crippen LogP contribution >= 0.6 is 0 Å². The van der Waals surface area contributed by atoms with E-state index in [9.17, 15) is 0 Å². The van der Waals surface area contributed by atoms with Crippen molar-refractivity contribution in [3.63, 3.8) is 0 Å². The fraction of sp³-hybridized carbons (Fsp3) is 0.750. The van der Waals surface area contributed by atoms with Gasteiger partial charge in [0.05, 0.1) is 0 Å². The molecule has 0 atom stereocenters. The van der Waals surface area contributed by atoms with E-state index in [2.05, 4.69) is 6.58 Å². The van der Waals surface area contributed by atoms with Gasteiger partial charge in [-0.15, -0.1) is 6.58 Å². The predicted molar refractivity (Wildman–Crippen MR) is 55.0 cm³/mol. The fourth-order valence-corrected chi connectivity index (χ4v) is 1.96. The van der Waals surface area contributed by atoms with Gasteiger partial charge in [-0.3, -0.25) is 0 Å². The molecule has 0 nitrogen and oxygen atoms in total. The lowest BCUT2D eigenvalue weighted by molar-refractivity contribution is 0.507. The van der Waals surface area contributed by atoms with E-state index >= 15 is 0 Å². The first-order chi connectivity index (χ1) is 5.93. The number of hydrogen-bond acceptors (Lipinski definition) is 0. The third-order valence-corrected chi connectivity index (χ3v) is 2.76. The molecule has 0 aromatic heterocycles. The van der Waals surface area contributed by atoms with E-state index in [4.69, 9.17) is 0 Å². The minimum atomic E-state index is 1.19. The summed E-state index contributed by atoms with van der Waals surface area (Å²) in [6, 6.07) is 0. The predicted octanol–water partition coefficient (Wildman–Crippen LogP) is 4.27. The molecular formula is C12H21. The molecule has 0 heteroatoms. The standard InChI is InChI=1S/C12H21/c1-2-3-9-12-10-7-5-4-6-8-11-12/h2H,1,3-11H2. The Hall–Kier alpha value is -0.260. The molecule has 0 spiro atoms. The Balaban J connectivity index is 2.15. The summed E-state index contributed by atoms with van der Waals surface area (Å²) in [4.78, 5) is 0. The highest BCUT2D eigenvalue weighted by atomic mass is 14.2. The number of rotatable bonds is 3. The van der Waals surface area contributed by atoms with Crippen LogP contribution in [0, 0.1) is 5.92 Å². The van der Waals surface area contributed by atoms with Crippen molar-refractivity contribution in [2.45, 2.75) is 57.8 Å². The summed E-state index contributed by atoms with van der Waals surface area (Å²) < 4.78 is 0. The van der Waals surface area contributed by atoms with Crippen LogP contribution in [-0.2, 0) is 0 Å². The molecule has 0 N–H and O–H groups in total. The van der Waals surface area contributed by atoms with E-state index in [0.29, 0.717) is 0 Å². The second-order valence-electron chi connectivity index (χ2n) is 3.85. The number of allylic oxidation sites excluding steroid dienone is 1. The molecule has 1 saturated carbocycles. The summed E-state index contributed by atoms with van der Waals surface area (Å²) in [5.74, 6) is 1.80. The Labute approximate surface area is 77.1 Å². The van der Waals surface area contributed by atoms with Gasteiger partial charge in [0, 0.05) is 0 Å². The summed E-state index contributed by atoms with van der Waals surface area (Å²) >= 11 is 0. The summed E-state index contributed by atoms with van der Waals surface area (Å²) in [6.07, 6.45) is 14.6. The second-order valence-corrected chi connectivity index (χ2v) is 3.85. The van der Waals surface area contributed by atoms with E-state index in [1.807, 2.05) is 6.08 Å². The zero-order chi connectivity index (χ0) is 8.65. The smallest absolute Gasteiger partial charge is 0.0238 e. The van der Waals surface area contributed by atoms with Crippen LogP contribution in [0.25, 0.3) is 0 Å². The normalized spacial score (nSPS) is 21.3.